The minimum atomic E-state index is -0.0116. The molecule has 38 heavy (non-hydrogen) atoms. The number of carbonyl (C=O) groups is 1. The summed E-state index contributed by atoms with van der Waals surface area (Å²) in [6.45, 7) is 6.42. The van der Waals surface area contributed by atoms with E-state index in [0.29, 0.717) is 56.0 Å². The van der Waals surface area contributed by atoms with Crippen LogP contribution in [-0.2, 0) is 6.42 Å². The van der Waals surface area contributed by atoms with Gasteiger partial charge in [-0.2, -0.15) is 10.2 Å². The lowest BCUT2D eigenvalue weighted by Gasteiger charge is -2.34. The maximum atomic E-state index is 12.7. The third kappa shape index (κ3) is 6.66. The van der Waals surface area contributed by atoms with Crippen molar-refractivity contribution >= 4 is 12.0 Å². The van der Waals surface area contributed by atoms with Crippen molar-refractivity contribution in [3.8, 4) is 17.5 Å². The molecule has 2 amide bonds. The molecule has 2 aliphatic heterocycles. The van der Waals surface area contributed by atoms with Crippen LogP contribution in [0, 0.1) is 17.2 Å². The summed E-state index contributed by atoms with van der Waals surface area (Å²) >= 11 is 0. The number of amides is 2. The van der Waals surface area contributed by atoms with Crippen LogP contribution in [0.3, 0.4) is 0 Å². The number of nitrogens with one attached hydrogen (secondary N) is 1. The van der Waals surface area contributed by atoms with Gasteiger partial charge in [0.25, 0.3) is 0 Å². The van der Waals surface area contributed by atoms with Crippen LogP contribution in [-0.4, -0.2) is 83.3 Å². The Morgan fingerprint density at radius 2 is 1.84 bits per heavy atom. The fourth-order valence-corrected chi connectivity index (χ4v) is 5.09. The van der Waals surface area contributed by atoms with E-state index >= 15 is 0 Å². The van der Waals surface area contributed by atoms with E-state index in [0.717, 1.165) is 38.0 Å². The number of piperazine rings is 1. The van der Waals surface area contributed by atoms with Crippen LogP contribution in [0.5, 0.6) is 0 Å². The average Bonchev–Trinajstić information content (AvgIpc) is 3.47. The van der Waals surface area contributed by atoms with E-state index in [9.17, 15) is 4.79 Å². The number of benzene rings is 1. The van der Waals surface area contributed by atoms with Crippen LogP contribution >= 0.6 is 0 Å². The predicted octanol–water partition coefficient (Wildman–Crippen LogP) is 3.18. The molecule has 4 heterocycles. The molecule has 1 N–H and O–H groups in total. The highest BCUT2D eigenvalue weighted by atomic mass is 16.5. The summed E-state index contributed by atoms with van der Waals surface area (Å²) in [5.74, 6) is 1.20. The van der Waals surface area contributed by atoms with E-state index in [2.05, 4.69) is 43.5 Å². The lowest BCUT2D eigenvalue weighted by Crippen LogP contribution is -2.52. The van der Waals surface area contributed by atoms with Gasteiger partial charge in [0.15, 0.2) is 0 Å². The zero-order chi connectivity index (χ0) is 26.2. The van der Waals surface area contributed by atoms with Crippen LogP contribution in [0.25, 0.3) is 11.4 Å². The molecule has 2 saturated heterocycles. The first-order valence-corrected chi connectivity index (χ1v) is 13.4. The lowest BCUT2D eigenvalue weighted by molar-refractivity contribution is 0.177. The predicted molar refractivity (Wildman–Crippen MR) is 143 cm³/mol. The number of rotatable bonds is 8. The molecule has 0 unspecified atom stereocenters. The van der Waals surface area contributed by atoms with Crippen LogP contribution in [0.1, 0.15) is 30.5 Å². The number of urea groups is 1. The van der Waals surface area contributed by atoms with E-state index in [-0.39, 0.29) is 6.03 Å². The van der Waals surface area contributed by atoms with E-state index in [1.54, 1.807) is 24.3 Å². The Hall–Kier alpha value is -3.97. The molecule has 0 radical (unpaired) electrons. The first kappa shape index (κ1) is 25.7. The molecule has 0 saturated carbocycles. The van der Waals surface area contributed by atoms with Crippen LogP contribution < -0.4 is 10.2 Å². The highest BCUT2D eigenvalue weighted by molar-refractivity contribution is 5.74. The number of nitriles is 1. The minimum absolute atomic E-state index is 0.0116. The van der Waals surface area contributed by atoms with Gasteiger partial charge in [-0.1, -0.05) is 11.2 Å². The summed E-state index contributed by atoms with van der Waals surface area (Å²) < 4.78 is 5.46. The molecule has 1 aromatic carbocycles. The third-order valence-corrected chi connectivity index (χ3v) is 7.38. The van der Waals surface area contributed by atoms with Crippen LogP contribution in [0.2, 0.25) is 0 Å². The van der Waals surface area contributed by atoms with Crippen molar-refractivity contribution in [1.29, 1.82) is 5.26 Å². The molecule has 0 spiro atoms. The van der Waals surface area contributed by atoms with Crippen LogP contribution in [0.15, 0.2) is 53.2 Å². The van der Waals surface area contributed by atoms with Crippen molar-refractivity contribution < 1.29 is 9.32 Å². The quantitative estimate of drug-likeness (QED) is 0.456. The van der Waals surface area contributed by atoms with Crippen molar-refractivity contribution in [2.45, 2.75) is 25.7 Å². The Morgan fingerprint density at radius 1 is 1.05 bits per heavy atom. The summed E-state index contributed by atoms with van der Waals surface area (Å²) in [4.78, 5) is 28.0. The smallest absolute Gasteiger partial charge is 0.324 e. The number of piperidine rings is 1. The summed E-state index contributed by atoms with van der Waals surface area (Å²) in [5.41, 5.74) is 2.58. The minimum Gasteiger partial charge on any atom is -0.338 e. The third-order valence-electron chi connectivity index (χ3n) is 7.38. The summed E-state index contributed by atoms with van der Waals surface area (Å²) in [6.07, 6.45) is 6.33. The Balaban J connectivity index is 0.972. The summed E-state index contributed by atoms with van der Waals surface area (Å²) in [7, 11) is 0. The SMILES string of the molecule is N#Cc1ccc(-c2noc(N3CCN(C(=O)NCCCN4CCC(Cc5ccccn5)CC4)CC3)n2)cc1. The van der Waals surface area contributed by atoms with E-state index in [1.807, 2.05) is 22.1 Å². The Morgan fingerprint density at radius 3 is 2.55 bits per heavy atom. The van der Waals surface area contributed by atoms with E-state index in [4.69, 9.17) is 9.78 Å². The van der Waals surface area contributed by atoms with Crippen molar-refractivity contribution in [3.05, 3.63) is 59.9 Å². The number of carbonyl (C=O) groups excluding carboxylic acids is 1. The van der Waals surface area contributed by atoms with Crippen molar-refractivity contribution in [3.63, 3.8) is 0 Å². The Bertz CT molecular complexity index is 1210. The molecule has 0 atom stereocenters. The first-order chi connectivity index (χ1) is 18.7. The highest BCUT2D eigenvalue weighted by Gasteiger charge is 2.25. The lowest BCUT2D eigenvalue weighted by atomic mass is 9.92. The topological polar surface area (TPSA) is 114 Å². The molecule has 10 heteroatoms. The number of anilines is 1. The Labute approximate surface area is 223 Å². The van der Waals surface area contributed by atoms with Gasteiger partial charge in [0.05, 0.1) is 11.6 Å². The fourth-order valence-electron chi connectivity index (χ4n) is 5.09. The first-order valence-electron chi connectivity index (χ1n) is 13.4. The van der Waals surface area contributed by atoms with Gasteiger partial charge in [0.2, 0.25) is 5.82 Å². The highest BCUT2D eigenvalue weighted by Crippen LogP contribution is 2.22. The van der Waals surface area contributed by atoms with Gasteiger partial charge < -0.3 is 24.5 Å². The standard InChI is InChI=1S/C28H34N8O2/c29-21-23-5-7-24(8-6-23)26-32-28(38-33-26)36-18-16-35(17-19-36)27(37)31-12-3-13-34-14-9-22(10-15-34)20-25-4-1-2-11-30-25/h1-2,4-8,11,22H,3,9-10,12-20H2,(H,31,37). The molecule has 2 aromatic heterocycles. The molecular weight excluding hydrogens is 480 g/mol. The van der Waals surface area contributed by atoms with Crippen LogP contribution in [0.4, 0.5) is 10.8 Å². The number of hydrogen-bond donors (Lipinski definition) is 1. The number of hydrogen-bond acceptors (Lipinski definition) is 8. The number of nitrogens with zero attached hydrogens (tertiary/aromatic N) is 7. The Kier molecular flexibility index (Phi) is 8.46. The number of aromatic nitrogens is 3. The summed E-state index contributed by atoms with van der Waals surface area (Å²) in [6, 6.07) is 15.8. The molecule has 2 aliphatic rings. The summed E-state index contributed by atoms with van der Waals surface area (Å²) in [5, 5.41) is 16.1. The van der Waals surface area contributed by atoms with Gasteiger partial charge in [0.1, 0.15) is 0 Å². The number of likely N-dealkylation sites (tertiary alicyclic amines) is 1. The molecule has 0 bridgehead atoms. The zero-order valence-electron chi connectivity index (χ0n) is 21.6. The molecule has 0 aliphatic carbocycles. The largest absolute Gasteiger partial charge is 0.338 e. The van der Waals surface area contributed by atoms with Gasteiger partial charge in [-0.15, -0.1) is 0 Å². The molecular formula is C28H34N8O2. The monoisotopic (exact) mass is 514 g/mol. The van der Waals surface area contributed by atoms with Crippen molar-refractivity contribution in [2.24, 2.45) is 5.92 Å². The van der Waals surface area contributed by atoms with Gasteiger partial charge in [-0.3, -0.25) is 4.98 Å². The molecule has 2 fully saturated rings. The van der Waals surface area contributed by atoms with Crippen molar-refractivity contribution in [1.82, 2.24) is 30.2 Å². The van der Waals surface area contributed by atoms with Crippen molar-refractivity contribution in [2.75, 3.05) is 57.3 Å². The molecule has 3 aromatic rings. The van der Waals surface area contributed by atoms with Gasteiger partial charge in [0, 0.05) is 50.2 Å². The van der Waals surface area contributed by atoms with Gasteiger partial charge >= 0.3 is 12.0 Å². The maximum Gasteiger partial charge on any atom is 0.324 e. The average molecular weight is 515 g/mol. The molecule has 5 rings (SSSR count). The van der Waals surface area contributed by atoms with E-state index < -0.39 is 0 Å². The molecule has 10 nitrogen and oxygen atoms in total. The second kappa shape index (κ2) is 12.5. The van der Waals surface area contributed by atoms with Gasteiger partial charge in [-0.05, 0) is 87.6 Å². The second-order valence-electron chi connectivity index (χ2n) is 9.96. The molecule has 198 valence electrons. The normalized spacial score (nSPS) is 16.8. The number of pyridine rings is 1. The van der Waals surface area contributed by atoms with Gasteiger partial charge in [-0.25, -0.2) is 4.79 Å². The fraction of sp³-hybridized carbons (Fsp3) is 0.464. The van der Waals surface area contributed by atoms with E-state index in [1.165, 1.54) is 18.5 Å². The zero-order valence-corrected chi connectivity index (χ0v) is 21.6. The maximum absolute atomic E-state index is 12.7. The second-order valence-corrected chi connectivity index (χ2v) is 9.96.